The van der Waals surface area contributed by atoms with E-state index in [2.05, 4.69) is 0 Å². The SMILES string of the molecule is Cc1ccc(C(C)C)c(C(=O)O)c1F. The molecule has 0 spiro atoms. The lowest BCUT2D eigenvalue weighted by atomic mass is 9.95. The maximum atomic E-state index is 13.5. The molecule has 0 radical (unpaired) electrons. The first kappa shape index (κ1) is 10.7. The van der Waals surface area contributed by atoms with Crippen LogP contribution in [0.25, 0.3) is 0 Å². The number of halogens is 1. The molecule has 0 bridgehead atoms. The number of aryl methyl sites for hydroxylation is 1. The number of carboxylic acids is 1. The van der Waals surface area contributed by atoms with Gasteiger partial charge in [0, 0.05) is 0 Å². The smallest absolute Gasteiger partial charge is 0.338 e. The van der Waals surface area contributed by atoms with Gasteiger partial charge in [-0.2, -0.15) is 0 Å². The second kappa shape index (κ2) is 3.78. The van der Waals surface area contributed by atoms with Crippen molar-refractivity contribution in [3.05, 3.63) is 34.6 Å². The summed E-state index contributed by atoms with van der Waals surface area (Å²) in [4.78, 5) is 10.9. The Morgan fingerprint density at radius 2 is 2.00 bits per heavy atom. The average molecular weight is 196 g/mol. The van der Waals surface area contributed by atoms with E-state index in [1.807, 2.05) is 13.8 Å². The van der Waals surface area contributed by atoms with E-state index in [1.165, 1.54) is 0 Å². The Hall–Kier alpha value is -1.38. The Morgan fingerprint density at radius 1 is 1.43 bits per heavy atom. The van der Waals surface area contributed by atoms with Crippen molar-refractivity contribution in [3.63, 3.8) is 0 Å². The van der Waals surface area contributed by atoms with Crippen molar-refractivity contribution in [1.29, 1.82) is 0 Å². The van der Waals surface area contributed by atoms with Gasteiger partial charge in [-0.1, -0.05) is 26.0 Å². The molecular weight excluding hydrogens is 183 g/mol. The minimum absolute atomic E-state index is 0.0104. The largest absolute Gasteiger partial charge is 0.478 e. The lowest BCUT2D eigenvalue weighted by molar-refractivity contribution is 0.0690. The van der Waals surface area contributed by atoms with Crippen molar-refractivity contribution >= 4 is 5.97 Å². The molecule has 0 atom stereocenters. The van der Waals surface area contributed by atoms with Crippen LogP contribution in [0.4, 0.5) is 4.39 Å². The van der Waals surface area contributed by atoms with Crippen LogP contribution in [0.5, 0.6) is 0 Å². The van der Waals surface area contributed by atoms with E-state index in [0.717, 1.165) is 0 Å². The zero-order valence-corrected chi connectivity index (χ0v) is 8.47. The van der Waals surface area contributed by atoms with Gasteiger partial charge in [-0.3, -0.25) is 0 Å². The van der Waals surface area contributed by atoms with E-state index in [-0.39, 0.29) is 11.5 Å². The maximum Gasteiger partial charge on any atom is 0.338 e. The third-order valence-corrected chi connectivity index (χ3v) is 2.20. The van der Waals surface area contributed by atoms with Crippen LogP contribution in [-0.2, 0) is 0 Å². The molecule has 0 aromatic heterocycles. The van der Waals surface area contributed by atoms with Gasteiger partial charge in [0.2, 0.25) is 0 Å². The van der Waals surface area contributed by atoms with Gasteiger partial charge in [0.05, 0.1) is 5.56 Å². The second-order valence-electron chi connectivity index (χ2n) is 3.62. The van der Waals surface area contributed by atoms with Gasteiger partial charge in [0.25, 0.3) is 0 Å². The summed E-state index contributed by atoms with van der Waals surface area (Å²) in [7, 11) is 0. The molecule has 14 heavy (non-hydrogen) atoms. The number of hydrogen-bond donors (Lipinski definition) is 1. The van der Waals surface area contributed by atoms with Crippen molar-refractivity contribution < 1.29 is 14.3 Å². The highest BCUT2D eigenvalue weighted by molar-refractivity contribution is 5.90. The predicted octanol–water partition coefficient (Wildman–Crippen LogP) is 2.96. The minimum Gasteiger partial charge on any atom is -0.478 e. The Kier molecular flexibility index (Phi) is 2.89. The lowest BCUT2D eigenvalue weighted by Gasteiger charge is -2.11. The molecule has 1 rings (SSSR count). The molecule has 3 heteroatoms. The molecule has 1 N–H and O–H groups in total. The monoisotopic (exact) mass is 196 g/mol. The molecular formula is C11H13FO2. The zero-order chi connectivity index (χ0) is 10.9. The van der Waals surface area contributed by atoms with Crippen LogP contribution < -0.4 is 0 Å². The van der Waals surface area contributed by atoms with E-state index < -0.39 is 11.8 Å². The number of aromatic carboxylic acids is 1. The van der Waals surface area contributed by atoms with Gasteiger partial charge in [-0.05, 0) is 24.0 Å². The van der Waals surface area contributed by atoms with Crippen LogP contribution in [0.15, 0.2) is 12.1 Å². The number of hydrogen-bond acceptors (Lipinski definition) is 1. The first-order chi connectivity index (χ1) is 6.45. The molecule has 0 saturated heterocycles. The summed E-state index contributed by atoms with van der Waals surface area (Å²) in [5, 5.41) is 8.88. The Labute approximate surface area is 82.4 Å². The highest BCUT2D eigenvalue weighted by Crippen LogP contribution is 2.24. The molecule has 0 aliphatic carbocycles. The van der Waals surface area contributed by atoms with E-state index in [4.69, 9.17) is 5.11 Å². The highest BCUT2D eigenvalue weighted by atomic mass is 19.1. The second-order valence-corrected chi connectivity index (χ2v) is 3.62. The van der Waals surface area contributed by atoms with Crippen LogP contribution in [-0.4, -0.2) is 11.1 Å². The molecule has 2 nitrogen and oxygen atoms in total. The number of carboxylic acid groups (broad SMARTS) is 1. The minimum atomic E-state index is -1.20. The summed E-state index contributed by atoms with van der Waals surface area (Å²) < 4.78 is 13.5. The summed E-state index contributed by atoms with van der Waals surface area (Å²) in [5.74, 6) is -1.81. The fourth-order valence-electron chi connectivity index (χ4n) is 1.39. The quantitative estimate of drug-likeness (QED) is 0.789. The molecule has 0 unspecified atom stereocenters. The van der Waals surface area contributed by atoms with Gasteiger partial charge in [-0.15, -0.1) is 0 Å². The average Bonchev–Trinajstić information content (AvgIpc) is 2.08. The summed E-state index contributed by atoms with van der Waals surface area (Å²) in [6.07, 6.45) is 0. The van der Waals surface area contributed by atoms with Crippen LogP contribution >= 0.6 is 0 Å². The Balaban J connectivity index is 3.45. The standard InChI is InChI=1S/C11H13FO2/c1-6(2)8-5-4-7(3)10(12)9(8)11(13)14/h4-6H,1-3H3,(H,13,14). The molecule has 0 heterocycles. The molecule has 0 aliphatic heterocycles. The molecule has 76 valence electrons. The molecule has 0 fully saturated rings. The summed E-state index contributed by atoms with van der Waals surface area (Å²) in [6, 6.07) is 3.28. The van der Waals surface area contributed by atoms with E-state index >= 15 is 0 Å². The summed E-state index contributed by atoms with van der Waals surface area (Å²) in [5.41, 5.74) is 0.715. The molecule has 0 aliphatic rings. The molecule has 1 aromatic rings. The van der Waals surface area contributed by atoms with Crippen molar-refractivity contribution in [1.82, 2.24) is 0 Å². The summed E-state index contributed by atoms with van der Waals surface area (Å²) in [6.45, 7) is 5.25. The zero-order valence-electron chi connectivity index (χ0n) is 8.47. The van der Waals surface area contributed by atoms with Gasteiger partial charge < -0.3 is 5.11 Å². The predicted molar refractivity (Wildman–Crippen MR) is 52.2 cm³/mol. The Morgan fingerprint density at radius 3 is 2.43 bits per heavy atom. The summed E-state index contributed by atoms with van der Waals surface area (Å²) >= 11 is 0. The third-order valence-electron chi connectivity index (χ3n) is 2.20. The van der Waals surface area contributed by atoms with Crippen molar-refractivity contribution in [2.24, 2.45) is 0 Å². The number of carbonyl (C=O) groups is 1. The van der Waals surface area contributed by atoms with E-state index in [0.29, 0.717) is 11.1 Å². The first-order valence-corrected chi connectivity index (χ1v) is 4.47. The molecule has 1 aromatic carbocycles. The highest BCUT2D eigenvalue weighted by Gasteiger charge is 2.19. The van der Waals surface area contributed by atoms with Crippen molar-refractivity contribution in [3.8, 4) is 0 Å². The van der Waals surface area contributed by atoms with Gasteiger partial charge in [-0.25, -0.2) is 9.18 Å². The van der Waals surface area contributed by atoms with Gasteiger partial charge in [0.15, 0.2) is 0 Å². The molecule has 0 amide bonds. The van der Waals surface area contributed by atoms with Crippen LogP contribution in [0, 0.1) is 12.7 Å². The fourth-order valence-corrected chi connectivity index (χ4v) is 1.39. The lowest BCUT2D eigenvalue weighted by Crippen LogP contribution is -2.08. The Bertz CT molecular complexity index is 370. The number of rotatable bonds is 2. The normalized spacial score (nSPS) is 10.6. The topological polar surface area (TPSA) is 37.3 Å². The van der Waals surface area contributed by atoms with Crippen LogP contribution in [0.1, 0.15) is 41.3 Å². The first-order valence-electron chi connectivity index (χ1n) is 4.47. The number of benzene rings is 1. The van der Waals surface area contributed by atoms with Crippen LogP contribution in [0.3, 0.4) is 0 Å². The maximum absolute atomic E-state index is 13.5. The van der Waals surface area contributed by atoms with Gasteiger partial charge in [0.1, 0.15) is 5.82 Å². The van der Waals surface area contributed by atoms with E-state index in [1.54, 1.807) is 19.1 Å². The fraction of sp³-hybridized carbons (Fsp3) is 0.364. The molecule has 0 saturated carbocycles. The van der Waals surface area contributed by atoms with Gasteiger partial charge >= 0.3 is 5.97 Å². The van der Waals surface area contributed by atoms with Crippen molar-refractivity contribution in [2.75, 3.05) is 0 Å². The van der Waals surface area contributed by atoms with E-state index in [9.17, 15) is 9.18 Å². The van der Waals surface area contributed by atoms with Crippen LogP contribution in [0.2, 0.25) is 0 Å². The third kappa shape index (κ3) is 1.76. The van der Waals surface area contributed by atoms with Crippen molar-refractivity contribution in [2.45, 2.75) is 26.7 Å².